The fourth-order valence-corrected chi connectivity index (χ4v) is 2.79. The second kappa shape index (κ2) is 6.41. The summed E-state index contributed by atoms with van der Waals surface area (Å²) in [5.74, 6) is -0.472. The third kappa shape index (κ3) is 4.17. The summed E-state index contributed by atoms with van der Waals surface area (Å²) in [6.07, 6.45) is -5.18. The molecule has 0 aromatic heterocycles. The molecule has 1 N–H and O–H groups in total. The second-order valence-electron chi connectivity index (χ2n) is 4.79. The topological polar surface area (TPSA) is 15.3 Å². The van der Waals surface area contributed by atoms with E-state index in [1.54, 1.807) is 4.90 Å². The molecule has 1 aliphatic heterocycles. The zero-order chi connectivity index (χ0) is 14.8. The molecule has 0 saturated carbocycles. The van der Waals surface area contributed by atoms with E-state index in [9.17, 15) is 17.6 Å². The normalized spacial score (nSPS) is 19.1. The molecule has 0 amide bonds. The molecule has 1 aromatic rings. The van der Waals surface area contributed by atoms with Crippen LogP contribution in [-0.2, 0) is 0 Å². The van der Waals surface area contributed by atoms with E-state index in [2.05, 4.69) is 21.2 Å². The van der Waals surface area contributed by atoms with E-state index in [0.717, 1.165) is 0 Å². The lowest BCUT2D eigenvalue weighted by atomic mass is 10.0. The predicted octanol–water partition coefficient (Wildman–Crippen LogP) is 3.49. The van der Waals surface area contributed by atoms with E-state index in [1.165, 1.54) is 18.2 Å². The molecule has 2 nitrogen and oxygen atoms in total. The Morgan fingerprint density at radius 1 is 1.25 bits per heavy atom. The van der Waals surface area contributed by atoms with Crippen LogP contribution in [0.2, 0.25) is 0 Å². The Kier molecular flexibility index (Phi) is 5.04. The van der Waals surface area contributed by atoms with Gasteiger partial charge in [-0.1, -0.05) is 6.07 Å². The van der Waals surface area contributed by atoms with Crippen LogP contribution in [0, 0.1) is 5.82 Å². The molecule has 112 valence electrons. The van der Waals surface area contributed by atoms with Crippen molar-refractivity contribution in [2.75, 3.05) is 26.2 Å². The monoisotopic (exact) mass is 354 g/mol. The molecule has 1 aliphatic rings. The molecule has 0 spiro atoms. The van der Waals surface area contributed by atoms with Crippen LogP contribution in [0.3, 0.4) is 0 Å². The van der Waals surface area contributed by atoms with Crippen LogP contribution in [0.5, 0.6) is 0 Å². The molecule has 7 heteroatoms. The molecule has 1 saturated heterocycles. The van der Waals surface area contributed by atoms with Gasteiger partial charge in [0.1, 0.15) is 5.82 Å². The van der Waals surface area contributed by atoms with Crippen LogP contribution in [0.1, 0.15) is 18.0 Å². The molecule has 1 fully saturated rings. The summed E-state index contributed by atoms with van der Waals surface area (Å²) in [7, 11) is 0. The van der Waals surface area contributed by atoms with Crippen molar-refractivity contribution in [2.45, 2.75) is 18.6 Å². The van der Waals surface area contributed by atoms with Crippen LogP contribution >= 0.6 is 15.9 Å². The second-order valence-corrected chi connectivity index (χ2v) is 5.65. The third-order valence-electron chi connectivity index (χ3n) is 3.35. The molecule has 0 bridgehead atoms. The maximum Gasteiger partial charge on any atom is 0.390 e. The predicted molar refractivity (Wildman–Crippen MR) is 72.0 cm³/mol. The van der Waals surface area contributed by atoms with Crippen molar-refractivity contribution in [2.24, 2.45) is 0 Å². The maximum absolute atomic E-state index is 13.2. The van der Waals surface area contributed by atoms with Crippen molar-refractivity contribution >= 4 is 15.9 Å². The van der Waals surface area contributed by atoms with Gasteiger partial charge in [0.05, 0.1) is 10.9 Å². The first-order chi connectivity index (χ1) is 9.37. The van der Waals surface area contributed by atoms with Gasteiger partial charge < -0.3 is 5.32 Å². The van der Waals surface area contributed by atoms with E-state index in [-0.39, 0.29) is 4.47 Å². The van der Waals surface area contributed by atoms with Crippen molar-refractivity contribution in [1.29, 1.82) is 0 Å². The average Bonchev–Trinajstić information content (AvgIpc) is 2.39. The summed E-state index contributed by atoms with van der Waals surface area (Å²) in [5, 5.41) is 3.11. The number of benzene rings is 1. The molecule has 1 heterocycles. The summed E-state index contributed by atoms with van der Waals surface area (Å²) in [6, 6.07) is 3.30. The van der Waals surface area contributed by atoms with Gasteiger partial charge >= 0.3 is 6.18 Å². The Morgan fingerprint density at radius 3 is 2.45 bits per heavy atom. The maximum atomic E-state index is 13.2. The van der Waals surface area contributed by atoms with Gasteiger partial charge in [-0.25, -0.2) is 4.39 Å². The van der Waals surface area contributed by atoms with Gasteiger partial charge in [-0.05, 0) is 33.6 Å². The first-order valence-corrected chi connectivity index (χ1v) is 7.12. The molecule has 0 unspecified atom stereocenters. The number of nitrogens with one attached hydrogen (secondary N) is 1. The number of piperazine rings is 1. The fourth-order valence-electron chi connectivity index (χ4n) is 2.39. The van der Waals surface area contributed by atoms with E-state index < -0.39 is 24.5 Å². The molecular formula is C13H15BrF4N2. The van der Waals surface area contributed by atoms with Crippen molar-refractivity contribution in [3.8, 4) is 0 Å². The van der Waals surface area contributed by atoms with Crippen molar-refractivity contribution < 1.29 is 17.6 Å². The molecule has 0 aliphatic carbocycles. The Balaban J connectivity index is 2.26. The summed E-state index contributed by atoms with van der Waals surface area (Å²) < 4.78 is 51.8. The van der Waals surface area contributed by atoms with Gasteiger partial charge in [-0.15, -0.1) is 0 Å². The summed E-state index contributed by atoms with van der Waals surface area (Å²) >= 11 is 3.03. The summed E-state index contributed by atoms with van der Waals surface area (Å²) in [6.45, 7) is 2.43. The van der Waals surface area contributed by atoms with Gasteiger partial charge in [-0.3, -0.25) is 4.90 Å². The standard InChI is InChI=1S/C13H15BrF4N2/c14-10-7-9(1-2-11(10)15)12(8-13(16,17)18)20-5-3-19-4-6-20/h1-2,7,12,19H,3-6,8H2/t12-/m0/s1. The van der Waals surface area contributed by atoms with E-state index >= 15 is 0 Å². The van der Waals surface area contributed by atoms with Crippen molar-refractivity contribution in [3.63, 3.8) is 0 Å². The number of hydrogen-bond acceptors (Lipinski definition) is 2. The molecule has 0 radical (unpaired) electrons. The smallest absolute Gasteiger partial charge is 0.314 e. The SMILES string of the molecule is Fc1ccc([C@H](CC(F)(F)F)N2CCNCC2)cc1Br. The minimum Gasteiger partial charge on any atom is -0.314 e. The van der Waals surface area contributed by atoms with Gasteiger partial charge in [0, 0.05) is 32.2 Å². The minimum atomic E-state index is -4.25. The fraction of sp³-hybridized carbons (Fsp3) is 0.538. The summed E-state index contributed by atoms with van der Waals surface area (Å²) in [5.41, 5.74) is 0.484. The largest absolute Gasteiger partial charge is 0.390 e. The van der Waals surface area contributed by atoms with Crippen molar-refractivity contribution in [1.82, 2.24) is 10.2 Å². The lowest BCUT2D eigenvalue weighted by Crippen LogP contribution is -2.46. The van der Waals surface area contributed by atoms with Crippen LogP contribution < -0.4 is 5.32 Å². The van der Waals surface area contributed by atoms with E-state index in [1.807, 2.05) is 0 Å². The summed E-state index contributed by atoms with van der Waals surface area (Å²) in [4.78, 5) is 1.80. The number of nitrogens with zero attached hydrogens (tertiary/aromatic N) is 1. The zero-order valence-corrected chi connectivity index (χ0v) is 12.3. The molecule has 20 heavy (non-hydrogen) atoms. The Morgan fingerprint density at radius 2 is 1.90 bits per heavy atom. The van der Waals surface area contributed by atoms with E-state index in [0.29, 0.717) is 31.7 Å². The molecule has 2 rings (SSSR count). The molecule has 1 atom stereocenters. The molecular weight excluding hydrogens is 340 g/mol. The third-order valence-corrected chi connectivity index (χ3v) is 3.95. The van der Waals surface area contributed by atoms with Gasteiger partial charge in [0.2, 0.25) is 0 Å². The number of hydrogen-bond donors (Lipinski definition) is 1. The van der Waals surface area contributed by atoms with Gasteiger partial charge in [0.25, 0.3) is 0 Å². The van der Waals surface area contributed by atoms with Crippen LogP contribution in [0.15, 0.2) is 22.7 Å². The van der Waals surface area contributed by atoms with Crippen molar-refractivity contribution in [3.05, 3.63) is 34.1 Å². The molecule has 1 aromatic carbocycles. The van der Waals surface area contributed by atoms with Crippen LogP contribution in [0.25, 0.3) is 0 Å². The van der Waals surface area contributed by atoms with Gasteiger partial charge in [-0.2, -0.15) is 13.2 Å². The quantitative estimate of drug-likeness (QED) is 0.836. The highest BCUT2D eigenvalue weighted by molar-refractivity contribution is 9.10. The highest BCUT2D eigenvalue weighted by Gasteiger charge is 2.36. The number of halogens is 5. The zero-order valence-electron chi connectivity index (χ0n) is 10.7. The first-order valence-electron chi connectivity index (χ1n) is 6.33. The average molecular weight is 355 g/mol. The Hall–Kier alpha value is -0.660. The Labute approximate surface area is 123 Å². The highest BCUT2D eigenvalue weighted by atomic mass is 79.9. The first kappa shape index (κ1) is 15.7. The number of rotatable bonds is 3. The van der Waals surface area contributed by atoms with Gasteiger partial charge in [0.15, 0.2) is 0 Å². The number of alkyl halides is 3. The van der Waals surface area contributed by atoms with Crippen LogP contribution in [-0.4, -0.2) is 37.3 Å². The van der Waals surface area contributed by atoms with Crippen LogP contribution in [0.4, 0.5) is 17.6 Å². The van der Waals surface area contributed by atoms with E-state index in [4.69, 9.17) is 0 Å². The Bertz CT molecular complexity index is 458. The minimum absolute atomic E-state index is 0.192. The lowest BCUT2D eigenvalue weighted by molar-refractivity contribution is -0.148. The highest BCUT2D eigenvalue weighted by Crippen LogP contribution is 2.35. The lowest BCUT2D eigenvalue weighted by Gasteiger charge is -2.35.